The molecule has 0 fully saturated rings. The van der Waals surface area contributed by atoms with E-state index >= 15 is 0 Å². The van der Waals surface area contributed by atoms with Gasteiger partial charge in [-0.15, -0.1) is 11.8 Å². The minimum absolute atomic E-state index is 0.00387. The monoisotopic (exact) mass is 458 g/mol. The van der Waals surface area contributed by atoms with Crippen molar-refractivity contribution in [2.24, 2.45) is 0 Å². The fraction of sp³-hybridized carbons (Fsp3) is 0.217. The Morgan fingerprint density at radius 2 is 1.77 bits per heavy atom. The number of methoxy groups -OCH3 is 2. The molecule has 3 aromatic rings. The lowest BCUT2D eigenvalue weighted by atomic mass is 10.2. The average Bonchev–Trinajstić information content (AvgIpc) is 2.75. The lowest BCUT2D eigenvalue weighted by Crippen LogP contribution is -2.23. The summed E-state index contributed by atoms with van der Waals surface area (Å²) in [5.74, 6) is 0.922. The van der Waals surface area contributed by atoms with Gasteiger partial charge in [0.25, 0.3) is 0 Å². The van der Waals surface area contributed by atoms with Crippen molar-refractivity contribution in [2.75, 3.05) is 19.5 Å². The van der Waals surface area contributed by atoms with Gasteiger partial charge in [-0.2, -0.15) is 0 Å². The van der Waals surface area contributed by atoms with Crippen molar-refractivity contribution in [1.29, 1.82) is 0 Å². The number of carbonyl (C=O) groups excluding carboxylic acids is 1. The molecule has 162 valence electrons. The summed E-state index contributed by atoms with van der Waals surface area (Å²) in [5, 5.41) is 3.30. The third-order valence-electron chi connectivity index (χ3n) is 4.56. The van der Waals surface area contributed by atoms with E-state index < -0.39 is 0 Å². The van der Waals surface area contributed by atoms with Gasteiger partial charge in [-0.1, -0.05) is 29.3 Å². The van der Waals surface area contributed by atoms with Crippen LogP contribution in [0.1, 0.15) is 11.3 Å². The Morgan fingerprint density at radius 3 is 2.45 bits per heavy atom. The van der Waals surface area contributed by atoms with Crippen LogP contribution in [0.15, 0.2) is 64.4 Å². The fourth-order valence-corrected chi connectivity index (χ4v) is 4.00. The number of aromatic nitrogens is 1. The van der Waals surface area contributed by atoms with E-state index in [-0.39, 0.29) is 23.6 Å². The van der Waals surface area contributed by atoms with Gasteiger partial charge in [0.1, 0.15) is 12.3 Å². The summed E-state index contributed by atoms with van der Waals surface area (Å²) in [5.41, 5.74) is 2.14. The average molecular weight is 459 g/mol. The van der Waals surface area contributed by atoms with Gasteiger partial charge in [-0.05, 0) is 37.3 Å². The number of pyridine rings is 1. The highest BCUT2D eigenvalue weighted by atomic mass is 35.5. The Bertz CT molecular complexity index is 1130. The first-order chi connectivity index (χ1) is 14.9. The van der Waals surface area contributed by atoms with E-state index in [0.29, 0.717) is 27.9 Å². The lowest BCUT2D eigenvalue weighted by molar-refractivity contribution is -0.116. The number of thioether (sulfide) groups is 1. The van der Waals surface area contributed by atoms with E-state index in [2.05, 4.69) is 5.32 Å². The summed E-state index contributed by atoms with van der Waals surface area (Å²) in [6, 6.07) is 14.6. The summed E-state index contributed by atoms with van der Waals surface area (Å²) < 4.78 is 12.2. The number of halogens is 1. The van der Waals surface area contributed by atoms with Crippen molar-refractivity contribution in [3.63, 3.8) is 0 Å². The summed E-state index contributed by atoms with van der Waals surface area (Å²) in [6.07, 6.45) is 1.56. The fourth-order valence-electron chi connectivity index (χ4n) is 2.93. The number of ether oxygens (including phenoxy) is 2. The molecule has 1 amide bonds. The topological polar surface area (TPSA) is 69.6 Å². The zero-order chi connectivity index (χ0) is 22.4. The third kappa shape index (κ3) is 6.06. The van der Waals surface area contributed by atoms with Crippen LogP contribution in [0.4, 0.5) is 5.69 Å². The number of nitrogens with zero attached hydrogens (tertiary/aromatic N) is 1. The molecule has 0 saturated heterocycles. The number of carbonyl (C=O) groups is 1. The first kappa shape index (κ1) is 22.8. The van der Waals surface area contributed by atoms with Crippen LogP contribution in [0.5, 0.6) is 11.5 Å². The van der Waals surface area contributed by atoms with Crippen LogP contribution in [-0.4, -0.2) is 24.7 Å². The Balaban J connectivity index is 1.81. The Morgan fingerprint density at radius 1 is 1.06 bits per heavy atom. The molecule has 0 aliphatic heterocycles. The smallest absolute Gasteiger partial charge is 0.244 e. The van der Waals surface area contributed by atoms with Crippen molar-refractivity contribution in [3.05, 3.63) is 81.2 Å². The van der Waals surface area contributed by atoms with Gasteiger partial charge in [0.05, 0.1) is 26.1 Å². The third-order valence-corrected chi connectivity index (χ3v) is 5.84. The predicted octanol–water partition coefficient (Wildman–Crippen LogP) is 4.76. The Hall–Kier alpha value is -2.90. The maximum absolute atomic E-state index is 12.8. The molecule has 0 radical (unpaired) electrons. The van der Waals surface area contributed by atoms with Crippen LogP contribution < -0.4 is 20.2 Å². The predicted molar refractivity (Wildman–Crippen MR) is 125 cm³/mol. The molecule has 0 unspecified atom stereocenters. The number of rotatable bonds is 8. The molecule has 0 saturated carbocycles. The maximum atomic E-state index is 12.8. The van der Waals surface area contributed by atoms with E-state index in [4.69, 9.17) is 21.1 Å². The molecule has 0 aliphatic rings. The largest absolute Gasteiger partial charge is 0.495 e. The molecule has 0 bridgehead atoms. The van der Waals surface area contributed by atoms with Gasteiger partial charge in [0.2, 0.25) is 11.3 Å². The number of aryl methyl sites for hydroxylation is 1. The van der Waals surface area contributed by atoms with Gasteiger partial charge >= 0.3 is 0 Å². The van der Waals surface area contributed by atoms with Crippen molar-refractivity contribution >= 4 is 35.0 Å². The zero-order valence-electron chi connectivity index (χ0n) is 17.5. The highest BCUT2D eigenvalue weighted by molar-refractivity contribution is 7.98. The van der Waals surface area contributed by atoms with Crippen LogP contribution in [0.25, 0.3) is 0 Å². The Labute approximate surface area is 190 Å². The van der Waals surface area contributed by atoms with E-state index in [1.54, 1.807) is 40.7 Å². The van der Waals surface area contributed by atoms with Crippen molar-refractivity contribution in [2.45, 2.75) is 24.1 Å². The molecule has 0 aliphatic carbocycles. The molecular weight excluding hydrogens is 436 g/mol. The molecule has 3 rings (SSSR count). The van der Waals surface area contributed by atoms with Crippen molar-refractivity contribution in [1.82, 2.24) is 4.57 Å². The van der Waals surface area contributed by atoms with Crippen molar-refractivity contribution in [3.8, 4) is 11.5 Å². The number of hydrogen-bond donors (Lipinski definition) is 1. The van der Waals surface area contributed by atoms with Gasteiger partial charge in [0, 0.05) is 27.4 Å². The zero-order valence-corrected chi connectivity index (χ0v) is 19.0. The molecule has 0 atom stereocenters. The second kappa shape index (κ2) is 10.4. The molecule has 1 heterocycles. The Kier molecular flexibility index (Phi) is 7.65. The molecule has 2 aromatic carbocycles. The minimum Gasteiger partial charge on any atom is -0.495 e. The van der Waals surface area contributed by atoms with E-state index in [0.717, 1.165) is 4.90 Å². The number of nitrogens with one attached hydrogen (secondary N) is 1. The number of amides is 1. The number of benzene rings is 2. The number of anilines is 1. The molecular formula is C23H23ClN2O4S. The molecule has 1 aromatic heterocycles. The first-order valence-corrected chi connectivity index (χ1v) is 10.9. The van der Waals surface area contributed by atoms with Gasteiger partial charge in [0.15, 0.2) is 5.75 Å². The van der Waals surface area contributed by atoms with E-state index in [1.807, 2.05) is 31.2 Å². The summed E-state index contributed by atoms with van der Waals surface area (Å²) in [6.45, 7) is 2.03. The number of hydrogen-bond acceptors (Lipinski definition) is 5. The molecule has 0 spiro atoms. The highest BCUT2D eigenvalue weighted by Gasteiger charge is 2.13. The SMILES string of the molecule is COc1ccc(Cl)cc1NC(=O)Cn1cc(OC)c(=O)cc1CSc1ccc(C)cc1. The van der Waals surface area contributed by atoms with Crippen LogP contribution in [0, 0.1) is 6.92 Å². The van der Waals surface area contributed by atoms with Crippen LogP contribution >= 0.6 is 23.4 Å². The van der Waals surface area contributed by atoms with Crippen LogP contribution in [0.3, 0.4) is 0 Å². The van der Waals surface area contributed by atoms with Crippen LogP contribution in [0.2, 0.25) is 5.02 Å². The highest BCUT2D eigenvalue weighted by Crippen LogP contribution is 2.28. The van der Waals surface area contributed by atoms with Crippen molar-refractivity contribution < 1.29 is 14.3 Å². The van der Waals surface area contributed by atoms with E-state index in [1.165, 1.54) is 25.8 Å². The molecule has 8 heteroatoms. The standard InChI is InChI=1S/C23H23ClN2O4S/c1-15-4-7-18(8-5-15)31-14-17-11-20(27)22(30-3)12-26(17)13-23(28)25-19-10-16(24)6-9-21(19)29-2/h4-12H,13-14H2,1-3H3,(H,25,28). The second-order valence-electron chi connectivity index (χ2n) is 6.82. The van der Waals surface area contributed by atoms with Gasteiger partial charge < -0.3 is 19.4 Å². The molecule has 6 nitrogen and oxygen atoms in total. The van der Waals surface area contributed by atoms with Gasteiger partial charge in [-0.25, -0.2) is 0 Å². The first-order valence-electron chi connectivity index (χ1n) is 9.50. The normalized spacial score (nSPS) is 10.6. The second-order valence-corrected chi connectivity index (χ2v) is 8.31. The summed E-state index contributed by atoms with van der Waals surface area (Å²) in [4.78, 5) is 26.1. The maximum Gasteiger partial charge on any atom is 0.244 e. The molecule has 1 N–H and O–H groups in total. The minimum atomic E-state index is -0.284. The molecule has 31 heavy (non-hydrogen) atoms. The van der Waals surface area contributed by atoms with Gasteiger partial charge in [-0.3, -0.25) is 9.59 Å². The van der Waals surface area contributed by atoms with Crippen LogP contribution in [-0.2, 0) is 17.1 Å². The quantitative estimate of drug-likeness (QED) is 0.493. The summed E-state index contributed by atoms with van der Waals surface area (Å²) >= 11 is 7.63. The summed E-state index contributed by atoms with van der Waals surface area (Å²) in [7, 11) is 2.95. The van der Waals surface area contributed by atoms with E-state index in [9.17, 15) is 9.59 Å². The lowest BCUT2D eigenvalue weighted by Gasteiger charge is -2.16.